The van der Waals surface area contributed by atoms with Crippen LogP contribution in [0.3, 0.4) is 0 Å². The van der Waals surface area contributed by atoms with Crippen LogP contribution in [-0.2, 0) is 4.79 Å². The number of hydrogen-bond acceptors (Lipinski definition) is 5. The topological polar surface area (TPSA) is 71.2 Å². The van der Waals surface area contributed by atoms with E-state index in [-0.39, 0.29) is 11.9 Å². The lowest BCUT2D eigenvalue weighted by Gasteiger charge is -2.23. The van der Waals surface area contributed by atoms with Crippen LogP contribution in [0, 0.1) is 5.92 Å². The van der Waals surface area contributed by atoms with E-state index in [0.717, 1.165) is 22.7 Å². The largest absolute Gasteiger partial charge is 0.399 e. The van der Waals surface area contributed by atoms with Crippen LogP contribution >= 0.6 is 11.3 Å². The molecule has 1 amide bonds. The number of thiazole rings is 1. The number of anilines is 2. The van der Waals surface area contributed by atoms with Crippen LogP contribution in [0.5, 0.6) is 0 Å². The number of nitrogens with one attached hydrogen (secondary N) is 1. The van der Waals surface area contributed by atoms with Crippen molar-refractivity contribution in [3.63, 3.8) is 0 Å². The maximum absolute atomic E-state index is 12.3. The Kier molecular flexibility index (Phi) is 3.82. The summed E-state index contributed by atoms with van der Waals surface area (Å²) in [5.41, 5.74) is 7.33. The third-order valence-electron chi connectivity index (χ3n) is 3.93. The highest BCUT2D eigenvalue weighted by molar-refractivity contribution is 7.22. The van der Waals surface area contributed by atoms with Crippen molar-refractivity contribution in [3.05, 3.63) is 18.2 Å². The van der Waals surface area contributed by atoms with Gasteiger partial charge in [0, 0.05) is 12.2 Å². The summed E-state index contributed by atoms with van der Waals surface area (Å²) in [6.45, 7) is 2.92. The average Bonchev–Trinajstić information content (AvgIpc) is 3.16. The van der Waals surface area contributed by atoms with E-state index in [2.05, 4.69) is 15.2 Å². The molecule has 0 radical (unpaired) electrons. The summed E-state index contributed by atoms with van der Waals surface area (Å²) in [6, 6.07) is 5.42. The Morgan fingerprint density at radius 1 is 1.57 bits per heavy atom. The summed E-state index contributed by atoms with van der Waals surface area (Å²) >= 11 is 1.45. The van der Waals surface area contributed by atoms with Crippen LogP contribution in [0.2, 0.25) is 0 Å². The van der Waals surface area contributed by atoms with Crippen molar-refractivity contribution < 1.29 is 4.79 Å². The monoisotopic (exact) mass is 304 g/mol. The van der Waals surface area contributed by atoms with Gasteiger partial charge in [-0.1, -0.05) is 11.3 Å². The van der Waals surface area contributed by atoms with Gasteiger partial charge in [-0.3, -0.25) is 9.69 Å². The summed E-state index contributed by atoms with van der Waals surface area (Å²) in [5.74, 6) is 0.765. The van der Waals surface area contributed by atoms with Crippen molar-refractivity contribution >= 4 is 38.3 Å². The molecule has 21 heavy (non-hydrogen) atoms. The molecule has 1 heterocycles. The molecule has 2 aromatic rings. The molecule has 0 bridgehead atoms. The van der Waals surface area contributed by atoms with E-state index in [1.165, 1.54) is 24.2 Å². The van der Waals surface area contributed by atoms with Gasteiger partial charge in [0.1, 0.15) is 0 Å². The Bertz CT molecular complexity index is 665. The summed E-state index contributed by atoms with van der Waals surface area (Å²) in [6.07, 6.45) is 2.58. The molecule has 1 saturated carbocycles. The van der Waals surface area contributed by atoms with Crippen LogP contribution in [0.25, 0.3) is 10.2 Å². The molecule has 1 atom stereocenters. The zero-order valence-electron chi connectivity index (χ0n) is 12.3. The molecule has 3 rings (SSSR count). The fourth-order valence-electron chi connectivity index (χ4n) is 2.27. The van der Waals surface area contributed by atoms with Gasteiger partial charge in [-0.05, 0) is 50.9 Å². The lowest BCUT2D eigenvalue weighted by Crippen LogP contribution is -2.40. The summed E-state index contributed by atoms with van der Waals surface area (Å²) in [4.78, 5) is 18.8. The molecule has 0 aliphatic heterocycles. The second-order valence-electron chi connectivity index (χ2n) is 5.79. The predicted octanol–water partition coefficient (Wildman–Crippen LogP) is 2.55. The minimum absolute atomic E-state index is 0.00909. The van der Waals surface area contributed by atoms with Gasteiger partial charge >= 0.3 is 0 Å². The maximum Gasteiger partial charge on any atom is 0.243 e. The fourth-order valence-corrected chi connectivity index (χ4v) is 3.19. The van der Waals surface area contributed by atoms with Gasteiger partial charge in [-0.2, -0.15) is 0 Å². The zero-order chi connectivity index (χ0) is 15.0. The number of nitrogens with two attached hydrogens (primary N) is 1. The third-order valence-corrected chi connectivity index (χ3v) is 4.86. The molecule has 1 unspecified atom stereocenters. The van der Waals surface area contributed by atoms with Gasteiger partial charge in [0.15, 0.2) is 5.13 Å². The molecule has 1 fully saturated rings. The molecule has 1 aliphatic carbocycles. The molecule has 0 saturated heterocycles. The number of aromatic nitrogens is 1. The summed E-state index contributed by atoms with van der Waals surface area (Å²) in [5, 5.41) is 3.54. The van der Waals surface area contributed by atoms with E-state index in [1.54, 1.807) is 0 Å². The standard InChI is InChI=1S/C15H20N4OS/c1-9(19(2)8-10-3-4-10)14(20)18-15-17-12-6-5-11(16)7-13(12)21-15/h5-7,9-10H,3-4,8,16H2,1-2H3,(H,17,18,20). The van der Waals surface area contributed by atoms with Gasteiger partial charge < -0.3 is 11.1 Å². The van der Waals surface area contributed by atoms with Gasteiger partial charge in [0.05, 0.1) is 16.3 Å². The number of carbonyl (C=O) groups excluding carboxylic acids is 1. The molecular weight excluding hydrogens is 284 g/mol. The fraction of sp³-hybridized carbons (Fsp3) is 0.467. The van der Waals surface area contributed by atoms with E-state index in [0.29, 0.717) is 10.8 Å². The minimum Gasteiger partial charge on any atom is -0.399 e. The van der Waals surface area contributed by atoms with Crippen LogP contribution in [0.15, 0.2) is 18.2 Å². The normalized spacial score (nSPS) is 16.3. The van der Waals surface area contributed by atoms with Gasteiger partial charge in [0.25, 0.3) is 0 Å². The summed E-state index contributed by atoms with van der Waals surface area (Å²) < 4.78 is 0.990. The van der Waals surface area contributed by atoms with Crippen LogP contribution < -0.4 is 11.1 Å². The zero-order valence-corrected chi connectivity index (χ0v) is 13.1. The van der Waals surface area contributed by atoms with E-state index >= 15 is 0 Å². The number of carbonyl (C=O) groups is 1. The smallest absolute Gasteiger partial charge is 0.243 e. The second-order valence-corrected chi connectivity index (χ2v) is 6.83. The van der Waals surface area contributed by atoms with Crippen molar-refractivity contribution in [1.82, 2.24) is 9.88 Å². The first-order valence-corrected chi connectivity index (χ1v) is 8.02. The first-order valence-electron chi connectivity index (χ1n) is 7.20. The molecular formula is C15H20N4OS. The Hall–Kier alpha value is -1.66. The van der Waals surface area contributed by atoms with E-state index in [9.17, 15) is 4.79 Å². The Balaban J connectivity index is 1.67. The Morgan fingerprint density at radius 2 is 2.33 bits per heavy atom. The van der Waals surface area contributed by atoms with Gasteiger partial charge in [-0.25, -0.2) is 4.98 Å². The maximum atomic E-state index is 12.3. The number of amides is 1. The number of fused-ring (bicyclic) bond motifs is 1. The van der Waals surface area contributed by atoms with Gasteiger partial charge in [-0.15, -0.1) is 0 Å². The lowest BCUT2D eigenvalue weighted by molar-refractivity contribution is -0.120. The molecule has 0 spiro atoms. The van der Waals surface area contributed by atoms with Crippen molar-refractivity contribution in [2.45, 2.75) is 25.8 Å². The average molecular weight is 304 g/mol. The van der Waals surface area contributed by atoms with Crippen LogP contribution in [-0.4, -0.2) is 35.4 Å². The van der Waals surface area contributed by atoms with Crippen LogP contribution in [0.4, 0.5) is 10.8 Å². The van der Waals surface area contributed by atoms with Crippen molar-refractivity contribution in [2.24, 2.45) is 5.92 Å². The Labute approximate surface area is 128 Å². The molecule has 5 nitrogen and oxygen atoms in total. The van der Waals surface area contributed by atoms with E-state index in [1.807, 2.05) is 32.2 Å². The highest BCUT2D eigenvalue weighted by Crippen LogP contribution is 2.30. The number of hydrogen-bond donors (Lipinski definition) is 2. The first kappa shape index (κ1) is 14.3. The molecule has 1 aliphatic rings. The number of rotatable bonds is 5. The molecule has 1 aromatic heterocycles. The SMILES string of the molecule is CC(C(=O)Nc1nc2ccc(N)cc2s1)N(C)CC1CC1. The number of likely N-dealkylation sites (N-methyl/N-ethyl adjacent to an activating group) is 1. The molecule has 112 valence electrons. The lowest BCUT2D eigenvalue weighted by atomic mass is 10.2. The highest BCUT2D eigenvalue weighted by Gasteiger charge is 2.27. The quantitative estimate of drug-likeness (QED) is 0.833. The van der Waals surface area contributed by atoms with Crippen molar-refractivity contribution in [3.8, 4) is 0 Å². The van der Waals surface area contributed by atoms with Crippen LogP contribution in [0.1, 0.15) is 19.8 Å². The number of nitrogen functional groups attached to an aromatic ring is 1. The van der Waals surface area contributed by atoms with E-state index < -0.39 is 0 Å². The van der Waals surface area contributed by atoms with Crippen molar-refractivity contribution in [1.29, 1.82) is 0 Å². The third kappa shape index (κ3) is 3.33. The highest BCUT2D eigenvalue weighted by atomic mass is 32.1. The first-order chi connectivity index (χ1) is 10.0. The predicted molar refractivity (Wildman–Crippen MR) is 87.5 cm³/mol. The minimum atomic E-state index is -0.150. The summed E-state index contributed by atoms with van der Waals surface area (Å²) in [7, 11) is 2.00. The molecule has 3 N–H and O–H groups in total. The molecule has 6 heteroatoms. The number of nitrogens with zero attached hydrogens (tertiary/aromatic N) is 2. The second kappa shape index (κ2) is 5.61. The van der Waals surface area contributed by atoms with Gasteiger partial charge in [0.2, 0.25) is 5.91 Å². The Morgan fingerprint density at radius 3 is 3.05 bits per heavy atom. The van der Waals surface area contributed by atoms with E-state index in [4.69, 9.17) is 5.73 Å². The van der Waals surface area contributed by atoms with Crippen molar-refractivity contribution in [2.75, 3.05) is 24.6 Å². The number of benzene rings is 1. The molecule has 1 aromatic carbocycles.